The van der Waals surface area contributed by atoms with Gasteiger partial charge in [-0.1, -0.05) is 12.1 Å². The maximum absolute atomic E-state index is 12.2. The fourth-order valence-corrected chi connectivity index (χ4v) is 3.00. The second-order valence-corrected chi connectivity index (χ2v) is 8.01. The lowest BCUT2D eigenvalue weighted by Crippen LogP contribution is -2.40. The number of anilines is 2. The van der Waals surface area contributed by atoms with Crippen molar-refractivity contribution in [1.82, 2.24) is 15.3 Å². The second kappa shape index (κ2) is 8.32. The molecule has 7 nitrogen and oxygen atoms in total. The number of carbonyl (C=O) groups is 2. The molecule has 7 heteroatoms. The molecule has 0 aliphatic heterocycles. The quantitative estimate of drug-likeness (QED) is 0.600. The molecule has 3 rings (SSSR count). The number of nitrogens with one attached hydrogen (secondary N) is 2. The van der Waals surface area contributed by atoms with Gasteiger partial charge in [0, 0.05) is 34.1 Å². The van der Waals surface area contributed by atoms with Crippen LogP contribution in [0.5, 0.6) is 0 Å². The van der Waals surface area contributed by atoms with Crippen molar-refractivity contribution in [3.63, 3.8) is 0 Å². The van der Waals surface area contributed by atoms with E-state index in [1.165, 1.54) is 0 Å². The highest BCUT2D eigenvalue weighted by molar-refractivity contribution is 5.96. The van der Waals surface area contributed by atoms with Crippen molar-refractivity contribution >= 4 is 23.5 Å². The fourth-order valence-electron chi connectivity index (χ4n) is 3.00. The van der Waals surface area contributed by atoms with Crippen molar-refractivity contribution in [3.8, 4) is 11.3 Å². The molecule has 3 aromatic rings. The molecule has 154 valence electrons. The number of benzene rings is 2. The molecule has 1 aromatic heterocycles. The third-order valence-electron chi connectivity index (χ3n) is 4.42. The van der Waals surface area contributed by atoms with Crippen LogP contribution in [-0.4, -0.2) is 27.3 Å². The Hall–Kier alpha value is -3.74. The standard InChI is InChI=1S/C23H25N5O2/c1-14-17(6-5-7-18(14)20(24)29)19-12-13-25-22(27-19)26-16-10-8-15(9-11-16)21(30)28-23(2,3)4/h5-13H,1-4H3,(H2,24,29)(H,28,30)(H,25,26,27). The number of hydrogen-bond donors (Lipinski definition) is 3. The summed E-state index contributed by atoms with van der Waals surface area (Å²) in [6, 6.07) is 14.2. The average Bonchev–Trinajstić information content (AvgIpc) is 2.67. The number of carbonyl (C=O) groups excluding carboxylic acids is 2. The van der Waals surface area contributed by atoms with E-state index < -0.39 is 5.91 Å². The first kappa shape index (κ1) is 21.0. The van der Waals surface area contributed by atoms with Crippen LogP contribution in [0, 0.1) is 6.92 Å². The van der Waals surface area contributed by atoms with Gasteiger partial charge < -0.3 is 16.4 Å². The van der Waals surface area contributed by atoms with E-state index in [4.69, 9.17) is 5.73 Å². The molecule has 4 N–H and O–H groups in total. The van der Waals surface area contributed by atoms with Gasteiger partial charge in [-0.05, 0) is 69.7 Å². The minimum absolute atomic E-state index is 0.128. The first-order chi connectivity index (χ1) is 14.1. The Bertz CT molecular complexity index is 1090. The smallest absolute Gasteiger partial charge is 0.251 e. The van der Waals surface area contributed by atoms with E-state index in [0.717, 1.165) is 16.8 Å². The summed E-state index contributed by atoms with van der Waals surface area (Å²) in [6.07, 6.45) is 1.65. The average molecular weight is 403 g/mol. The molecule has 0 atom stereocenters. The van der Waals surface area contributed by atoms with Crippen LogP contribution in [-0.2, 0) is 0 Å². The maximum Gasteiger partial charge on any atom is 0.251 e. The monoisotopic (exact) mass is 403 g/mol. The van der Waals surface area contributed by atoms with Crippen LogP contribution in [0.25, 0.3) is 11.3 Å². The van der Waals surface area contributed by atoms with E-state index in [1.807, 2.05) is 33.8 Å². The van der Waals surface area contributed by atoms with Crippen LogP contribution in [0.1, 0.15) is 47.1 Å². The van der Waals surface area contributed by atoms with Crippen LogP contribution in [0.15, 0.2) is 54.7 Å². The molecule has 0 bridgehead atoms. The van der Waals surface area contributed by atoms with E-state index in [2.05, 4.69) is 20.6 Å². The van der Waals surface area contributed by atoms with Gasteiger partial charge in [-0.15, -0.1) is 0 Å². The van der Waals surface area contributed by atoms with Gasteiger partial charge in [-0.25, -0.2) is 9.97 Å². The molecule has 0 unspecified atom stereocenters. The van der Waals surface area contributed by atoms with E-state index in [-0.39, 0.29) is 11.4 Å². The van der Waals surface area contributed by atoms with Gasteiger partial charge in [0.25, 0.3) is 5.91 Å². The molecule has 0 saturated carbocycles. The third-order valence-corrected chi connectivity index (χ3v) is 4.42. The summed E-state index contributed by atoms with van der Waals surface area (Å²) < 4.78 is 0. The SMILES string of the molecule is Cc1c(C(N)=O)cccc1-c1ccnc(Nc2ccc(C(=O)NC(C)(C)C)cc2)n1. The van der Waals surface area contributed by atoms with E-state index in [9.17, 15) is 9.59 Å². The van der Waals surface area contributed by atoms with Crippen molar-refractivity contribution in [2.45, 2.75) is 33.2 Å². The van der Waals surface area contributed by atoms with Crippen molar-refractivity contribution in [2.24, 2.45) is 5.73 Å². The topological polar surface area (TPSA) is 110 Å². The summed E-state index contributed by atoms with van der Waals surface area (Å²) in [5.74, 6) is -0.197. The van der Waals surface area contributed by atoms with Gasteiger partial charge in [0.2, 0.25) is 11.9 Å². The second-order valence-electron chi connectivity index (χ2n) is 8.01. The zero-order valence-electron chi connectivity index (χ0n) is 17.5. The summed E-state index contributed by atoms with van der Waals surface area (Å²) in [5, 5.41) is 6.07. The molecule has 0 aliphatic rings. The van der Waals surface area contributed by atoms with Crippen molar-refractivity contribution in [3.05, 3.63) is 71.4 Å². The zero-order chi connectivity index (χ0) is 21.9. The Kier molecular flexibility index (Phi) is 5.82. The van der Waals surface area contributed by atoms with Gasteiger partial charge in [0.1, 0.15) is 0 Å². The predicted octanol–water partition coefficient (Wildman–Crippen LogP) is 3.82. The Morgan fingerprint density at radius 2 is 1.70 bits per heavy atom. The minimum atomic E-state index is -0.475. The highest BCUT2D eigenvalue weighted by Crippen LogP contribution is 2.25. The first-order valence-electron chi connectivity index (χ1n) is 9.56. The summed E-state index contributed by atoms with van der Waals surface area (Å²) in [6.45, 7) is 7.65. The maximum atomic E-state index is 12.2. The molecule has 0 spiro atoms. The summed E-state index contributed by atoms with van der Waals surface area (Å²) in [5.41, 5.74) is 9.19. The van der Waals surface area contributed by atoms with Gasteiger partial charge in [-0.3, -0.25) is 9.59 Å². The number of primary amides is 1. The molecule has 0 fully saturated rings. The Morgan fingerprint density at radius 3 is 2.33 bits per heavy atom. The third kappa shape index (κ3) is 5.00. The van der Waals surface area contributed by atoms with Gasteiger partial charge in [0.15, 0.2) is 0 Å². The number of nitrogens with zero attached hydrogens (tertiary/aromatic N) is 2. The Labute approximate surface area is 175 Å². The molecular weight excluding hydrogens is 378 g/mol. The summed E-state index contributed by atoms with van der Waals surface area (Å²) in [4.78, 5) is 32.7. The van der Waals surface area contributed by atoms with E-state index in [1.54, 1.807) is 48.7 Å². The van der Waals surface area contributed by atoms with Gasteiger partial charge >= 0.3 is 0 Å². The van der Waals surface area contributed by atoms with Gasteiger partial charge in [0.05, 0.1) is 5.69 Å². The minimum Gasteiger partial charge on any atom is -0.366 e. The van der Waals surface area contributed by atoms with Crippen molar-refractivity contribution in [1.29, 1.82) is 0 Å². The number of aromatic nitrogens is 2. The largest absolute Gasteiger partial charge is 0.366 e. The van der Waals surface area contributed by atoms with Crippen LogP contribution in [0.4, 0.5) is 11.6 Å². The Morgan fingerprint density at radius 1 is 1.00 bits per heavy atom. The molecule has 2 amide bonds. The van der Waals surface area contributed by atoms with Crippen LogP contribution < -0.4 is 16.4 Å². The van der Waals surface area contributed by atoms with Crippen molar-refractivity contribution in [2.75, 3.05) is 5.32 Å². The number of amides is 2. The lowest BCUT2D eigenvalue weighted by Gasteiger charge is -2.20. The Balaban J connectivity index is 1.80. The predicted molar refractivity (Wildman–Crippen MR) is 118 cm³/mol. The highest BCUT2D eigenvalue weighted by atomic mass is 16.2. The van der Waals surface area contributed by atoms with Crippen LogP contribution in [0.2, 0.25) is 0 Å². The molecule has 0 saturated heterocycles. The van der Waals surface area contributed by atoms with E-state index >= 15 is 0 Å². The summed E-state index contributed by atoms with van der Waals surface area (Å²) >= 11 is 0. The fraction of sp³-hybridized carbons (Fsp3) is 0.217. The number of rotatable bonds is 5. The lowest BCUT2D eigenvalue weighted by atomic mass is 9.99. The van der Waals surface area contributed by atoms with Crippen molar-refractivity contribution < 1.29 is 9.59 Å². The van der Waals surface area contributed by atoms with Gasteiger partial charge in [-0.2, -0.15) is 0 Å². The molecule has 0 radical (unpaired) electrons. The first-order valence-corrected chi connectivity index (χ1v) is 9.56. The molecule has 30 heavy (non-hydrogen) atoms. The zero-order valence-corrected chi connectivity index (χ0v) is 17.5. The van der Waals surface area contributed by atoms with Crippen LogP contribution >= 0.6 is 0 Å². The van der Waals surface area contributed by atoms with E-state index in [0.29, 0.717) is 22.8 Å². The molecule has 1 heterocycles. The lowest BCUT2D eigenvalue weighted by molar-refractivity contribution is 0.0918. The number of nitrogens with two attached hydrogens (primary N) is 1. The number of hydrogen-bond acceptors (Lipinski definition) is 5. The summed E-state index contributed by atoms with van der Waals surface area (Å²) in [7, 11) is 0. The normalized spacial score (nSPS) is 11.1. The molecular formula is C23H25N5O2. The molecule has 0 aliphatic carbocycles. The highest BCUT2D eigenvalue weighted by Gasteiger charge is 2.15. The van der Waals surface area contributed by atoms with Crippen LogP contribution in [0.3, 0.4) is 0 Å². The molecule has 2 aromatic carbocycles.